The van der Waals surface area contributed by atoms with Gasteiger partial charge in [0.15, 0.2) is 0 Å². The van der Waals surface area contributed by atoms with Gasteiger partial charge in [-0.25, -0.2) is 4.79 Å². The molecule has 0 aromatic heterocycles. The smallest absolute Gasteiger partial charge is 0.333 e. The molecular formula is C13H18O4. The first kappa shape index (κ1) is 11.2. The van der Waals surface area contributed by atoms with Crippen LogP contribution in [0.2, 0.25) is 0 Å². The lowest BCUT2D eigenvalue weighted by Gasteiger charge is -2.36. The molecule has 4 nitrogen and oxygen atoms in total. The lowest BCUT2D eigenvalue weighted by atomic mass is 9.77. The molecule has 4 aliphatic carbocycles. The average molecular weight is 238 g/mol. The molecule has 4 rings (SSSR count). The van der Waals surface area contributed by atoms with Crippen molar-refractivity contribution in [1.29, 1.82) is 0 Å². The lowest BCUT2D eigenvalue weighted by Crippen LogP contribution is -2.48. The average Bonchev–Trinajstić information content (AvgIpc) is 2.39. The van der Waals surface area contributed by atoms with Gasteiger partial charge in [-0.15, -0.1) is 0 Å². The summed E-state index contributed by atoms with van der Waals surface area (Å²) in [6.45, 7) is 5.15. The maximum absolute atomic E-state index is 11.7. The van der Waals surface area contributed by atoms with Crippen LogP contribution in [0.25, 0.3) is 0 Å². The van der Waals surface area contributed by atoms with Gasteiger partial charge in [0.05, 0.1) is 5.60 Å². The van der Waals surface area contributed by atoms with Crippen molar-refractivity contribution < 1.29 is 19.7 Å². The van der Waals surface area contributed by atoms with Gasteiger partial charge in [-0.2, -0.15) is 0 Å². The topological polar surface area (TPSA) is 66.8 Å². The minimum Gasteiger partial charge on any atom is -0.453 e. The third-order valence-electron chi connectivity index (χ3n) is 4.63. The molecule has 0 amide bonds. The molecule has 4 atom stereocenters. The SMILES string of the molecule is C=C(C)C(=O)OC12CC3CC(O)(CC1(O)C3)C2. The van der Waals surface area contributed by atoms with Crippen molar-refractivity contribution in [2.45, 2.75) is 55.8 Å². The standard InChI is InChI=1S/C13H18O4/c1-8(2)10(14)17-13-5-9-3-11(15,7-13)6-12(13,16)4-9/h9,15-16H,1,3-7H2,2H3. The molecule has 0 heterocycles. The Kier molecular flexibility index (Phi) is 1.93. The fourth-order valence-electron chi connectivity index (χ4n) is 4.26. The fourth-order valence-corrected chi connectivity index (χ4v) is 4.26. The van der Waals surface area contributed by atoms with Crippen LogP contribution in [-0.2, 0) is 9.53 Å². The summed E-state index contributed by atoms with van der Waals surface area (Å²) in [6, 6.07) is 0. The van der Waals surface area contributed by atoms with Crippen molar-refractivity contribution in [3.63, 3.8) is 0 Å². The summed E-state index contributed by atoms with van der Waals surface area (Å²) in [6.07, 6.45) is 2.73. The number of esters is 1. The summed E-state index contributed by atoms with van der Waals surface area (Å²) >= 11 is 0. The molecule has 17 heavy (non-hydrogen) atoms. The minimum absolute atomic E-state index is 0.269. The van der Waals surface area contributed by atoms with E-state index in [1.807, 2.05) is 0 Å². The maximum atomic E-state index is 11.7. The molecule has 0 aromatic rings. The zero-order valence-electron chi connectivity index (χ0n) is 10.0. The van der Waals surface area contributed by atoms with E-state index in [0.717, 1.165) is 6.42 Å². The number of ether oxygens (including phenoxy) is 1. The fraction of sp³-hybridized carbons (Fsp3) is 0.769. The predicted octanol–water partition coefficient (Wildman–Crippen LogP) is 0.914. The largest absolute Gasteiger partial charge is 0.453 e. The van der Waals surface area contributed by atoms with Crippen LogP contribution in [0.1, 0.15) is 39.0 Å². The first-order valence-corrected chi connectivity index (χ1v) is 6.11. The monoisotopic (exact) mass is 238 g/mol. The summed E-state index contributed by atoms with van der Waals surface area (Å²) < 4.78 is 5.50. The zero-order valence-corrected chi connectivity index (χ0v) is 10.0. The molecule has 94 valence electrons. The van der Waals surface area contributed by atoms with Crippen LogP contribution in [0.15, 0.2) is 12.2 Å². The van der Waals surface area contributed by atoms with Gasteiger partial charge in [0, 0.05) is 18.4 Å². The third kappa shape index (κ3) is 1.34. The van der Waals surface area contributed by atoms with E-state index >= 15 is 0 Å². The molecule has 0 spiro atoms. The van der Waals surface area contributed by atoms with Crippen LogP contribution in [0, 0.1) is 5.92 Å². The number of hydrogen-bond donors (Lipinski definition) is 2. The highest BCUT2D eigenvalue weighted by Gasteiger charge is 2.73. The highest BCUT2D eigenvalue weighted by molar-refractivity contribution is 5.87. The quantitative estimate of drug-likeness (QED) is 0.554. The van der Waals surface area contributed by atoms with Crippen molar-refractivity contribution >= 4 is 5.97 Å². The molecule has 4 saturated carbocycles. The summed E-state index contributed by atoms with van der Waals surface area (Å²) in [7, 11) is 0. The van der Waals surface area contributed by atoms with E-state index in [2.05, 4.69) is 6.58 Å². The van der Waals surface area contributed by atoms with Gasteiger partial charge in [0.2, 0.25) is 0 Å². The Bertz CT molecular complexity index is 418. The van der Waals surface area contributed by atoms with Crippen molar-refractivity contribution in [3.05, 3.63) is 12.2 Å². The Morgan fingerprint density at radius 3 is 2.59 bits per heavy atom. The predicted molar refractivity (Wildman–Crippen MR) is 60.1 cm³/mol. The molecule has 0 saturated heterocycles. The second-order valence-electron chi connectivity index (χ2n) is 6.25. The van der Waals surface area contributed by atoms with Crippen molar-refractivity contribution in [2.24, 2.45) is 5.92 Å². The molecule has 4 bridgehead atoms. The molecule has 4 fully saturated rings. The van der Waals surface area contributed by atoms with Gasteiger partial charge in [-0.05, 0) is 32.1 Å². The van der Waals surface area contributed by atoms with Crippen molar-refractivity contribution in [3.8, 4) is 0 Å². The summed E-state index contributed by atoms with van der Waals surface area (Å²) in [5.41, 5.74) is -2.41. The molecular weight excluding hydrogens is 220 g/mol. The molecule has 4 unspecified atom stereocenters. The van der Waals surface area contributed by atoms with Gasteiger partial charge in [0.25, 0.3) is 0 Å². The van der Waals surface area contributed by atoms with Crippen molar-refractivity contribution in [1.82, 2.24) is 0 Å². The van der Waals surface area contributed by atoms with Crippen LogP contribution >= 0.6 is 0 Å². The van der Waals surface area contributed by atoms with E-state index in [9.17, 15) is 15.0 Å². The van der Waals surface area contributed by atoms with Crippen LogP contribution in [0.4, 0.5) is 0 Å². The van der Waals surface area contributed by atoms with Crippen LogP contribution < -0.4 is 0 Å². The lowest BCUT2D eigenvalue weighted by molar-refractivity contribution is -0.177. The molecule has 0 radical (unpaired) electrons. The van der Waals surface area contributed by atoms with E-state index in [4.69, 9.17) is 4.74 Å². The van der Waals surface area contributed by atoms with Gasteiger partial charge >= 0.3 is 5.97 Å². The first-order valence-electron chi connectivity index (χ1n) is 6.11. The van der Waals surface area contributed by atoms with E-state index < -0.39 is 22.8 Å². The van der Waals surface area contributed by atoms with E-state index in [-0.39, 0.29) is 5.92 Å². The summed E-state index contributed by atoms with van der Waals surface area (Å²) in [4.78, 5) is 11.7. The summed E-state index contributed by atoms with van der Waals surface area (Å²) in [5, 5.41) is 20.9. The Labute approximate surface area is 100 Å². The molecule has 2 N–H and O–H groups in total. The van der Waals surface area contributed by atoms with E-state index in [1.165, 1.54) is 0 Å². The Balaban J connectivity index is 1.93. The van der Waals surface area contributed by atoms with Gasteiger partial charge in [0.1, 0.15) is 11.2 Å². The number of aliphatic hydroxyl groups is 2. The Hall–Kier alpha value is -0.870. The maximum Gasteiger partial charge on any atom is 0.333 e. The summed E-state index contributed by atoms with van der Waals surface area (Å²) in [5.74, 6) is -0.194. The number of carbonyl (C=O) groups is 1. The van der Waals surface area contributed by atoms with Crippen molar-refractivity contribution in [2.75, 3.05) is 0 Å². The first-order chi connectivity index (χ1) is 7.78. The minimum atomic E-state index is -1.03. The Morgan fingerprint density at radius 2 is 2.00 bits per heavy atom. The zero-order chi connectivity index (χ0) is 12.5. The van der Waals surface area contributed by atoms with Gasteiger partial charge < -0.3 is 14.9 Å². The second kappa shape index (κ2) is 2.93. The van der Waals surface area contributed by atoms with Crippen LogP contribution in [0.3, 0.4) is 0 Å². The second-order valence-corrected chi connectivity index (χ2v) is 6.25. The third-order valence-corrected chi connectivity index (χ3v) is 4.63. The molecule has 4 aliphatic rings. The number of rotatable bonds is 2. The van der Waals surface area contributed by atoms with Crippen LogP contribution in [0.5, 0.6) is 0 Å². The van der Waals surface area contributed by atoms with Gasteiger partial charge in [-0.3, -0.25) is 0 Å². The highest BCUT2D eigenvalue weighted by Crippen LogP contribution is 2.65. The molecule has 0 aliphatic heterocycles. The molecule has 0 aromatic carbocycles. The van der Waals surface area contributed by atoms with E-state index in [1.54, 1.807) is 6.92 Å². The van der Waals surface area contributed by atoms with E-state index in [0.29, 0.717) is 31.3 Å². The Morgan fingerprint density at radius 1 is 1.29 bits per heavy atom. The highest BCUT2D eigenvalue weighted by atomic mass is 16.6. The van der Waals surface area contributed by atoms with Gasteiger partial charge in [-0.1, -0.05) is 6.58 Å². The normalized spacial score (nSPS) is 50.6. The molecule has 4 heteroatoms. The number of carbonyl (C=O) groups excluding carboxylic acids is 1. The number of hydrogen-bond acceptors (Lipinski definition) is 4. The van der Waals surface area contributed by atoms with Crippen LogP contribution in [-0.4, -0.2) is 33.0 Å².